The summed E-state index contributed by atoms with van der Waals surface area (Å²) < 4.78 is 20.1. The molecular formula is C25H21FN2O2S. The second-order valence-corrected chi connectivity index (χ2v) is 7.87. The van der Waals surface area contributed by atoms with E-state index in [-0.39, 0.29) is 11.4 Å². The summed E-state index contributed by atoms with van der Waals surface area (Å²) in [5.41, 5.74) is 3.70. The average molecular weight is 433 g/mol. The second kappa shape index (κ2) is 9.18. The molecule has 1 aromatic heterocycles. The molecule has 0 atom stereocenters. The van der Waals surface area contributed by atoms with E-state index in [0.717, 1.165) is 27.3 Å². The number of ether oxygens (including phenoxy) is 1. The minimum atomic E-state index is -0.324. The molecular weight excluding hydrogens is 411 g/mol. The molecule has 0 spiro atoms. The predicted molar refractivity (Wildman–Crippen MR) is 123 cm³/mol. The summed E-state index contributed by atoms with van der Waals surface area (Å²) in [6.45, 7) is 0.336. The van der Waals surface area contributed by atoms with E-state index in [1.54, 1.807) is 37.1 Å². The van der Waals surface area contributed by atoms with E-state index in [4.69, 9.17) is 9.84 Å². The van der Waals surface area contributed by atoms with Gasteiger partial charge in [-0.2, -0.15) is 5.10 Å². The highest BCUT2D eigenvalue weighted by molar-refractivity contribution is 7.98. The molecule has 3 aromatic carbocycles. The van der Waals surface area contributed by atoms with Gasteiger partial charge >= 0.3 is 0 Å². The van der Waals surface area contributed by atoms with Crippen molar-refractivity contribution < 1.29 is 9.13 Å². The van der Waals surface area contributed by atoms with Crippen molar-refractivity contribution in [2.45, 2.75) is 11.4 Å². The molecule has 0 saturated carbocycles. The lowest BCUT2D eigenvalue weighted by atomic mass is 10.00. The lowest BCUT2D eigenvalue weighted by Gasteiger charge is -2.13. The van der Waals surface area contributed by atoms with Crippen molar-refractivity contribution in [1.29, 1.82) is 0 Å². The van der Waals surface area contributed by atoms with Crippen molar-refractivity contribution in [3.8, 4) is 28.1 Å². The van der Waals surface area contributed by atoms with Crippen LogP contribution in [0.3, 0.4) is 0 Å². The van der Waals surface area contributed by atoms with Gasteiger partial charge in [0.2, 0.25) is 0 Å². The van der Waals surface area contributed by atoms with E-state index in [2.05, 4.69) is 0 Å². The number of benzene rings is 3. The van der Waals surface area contributed by atoms with E-state index < -0.39 is 0 Å². The van der Waals surface area contributed by atoms with Crippen LogP contribution in [-0.2, 0) is 6.54 Å². The van der Waals surface area contributed by atoms with Gasteiger partial charge in [-0.05, 0) is 53.8 Å². The molecule has 1 heterocycles. The molecule has 6 heteroatoms. The van der Waals surface area contributed by atoms with Crippen molar-refractivity contribution in [2.24, 2.45) is 0 Å². The molecule has 31 heavy (non-hydrogen) atoms. The Morgan fingerprint density at radius 3 is 2.19 bits per heavy atom. The smallest absolute Gasteiger partial charge is 0.267 e. The standard InChI is InChI=1S/C25H21FN2O2S/c1-30-21-11-3-17(4-12-21)16-28-24(29)15-23(18-5-9-20(26)10-6-18)25(27-28)19-7-13-22(31-2)14-8-19/h3-15H,16H2,1-2H3. The number of thioether (sulfide) groups is 1. The molecule has 4 aromatic rings. The van der Waals surface area contributed by atoms with Crippen LogP contribution in [0.15, 0.2) is 88.6 Å². The number of halogens is 1. The van der Waals surface area contributed by atoms with Gasteiger partial charge in [-0.25, -0.2) is 9.07 Å². The van der Waals surface area contributed by atoms with Crippen LogP contribution in [0.25, 0.3) is 22.4 Å². The zero-order valence-electron chi connectivity index (χ0n) is 17.2. The van der Waals surface area contributed by atoms with Crippen LogP contribution in [-0.4, -0.2) is 23.1 Å². The van der Waals surface area contributed by atoms with Crippen molar-refractivity contribution in [1.82, 2.24) is 9.78 Å². The summed E-state index contributed by atoms with van der Waals surface area (Å²) in [5.74, 6) is 0.431. The third-order valence-corrected chi connectivity index (χ3v) is 5.75. The van der Waals surface area contributed by atoms with Gasteiger partial charge in [0.25, 0.3) is 5.56 Å². The molecule has 0 unspecified atom stereocenters. The molecule has 0 aliphatic rings. The summed E-state index contributed by atoms with van der Waals surface area (Å²) in [6, 6.07) is 23.2. The maximum atomic E-state index is 13.5. The van der Waals surface area contributed by atoms with Crippen LogP contribution in [0, 0.1) is 5.82 Å². The van der Waals surface area contributed by atoms with E-state index >= 15 is 0 Å². The summed E-state index contributed by atoms with van der Waals surface area (Å²) in [5, 5.41) is 4.71. The SMILES string of the molecule is COc1ccc(Cn2nc(-c3ccc(SC)cc3)c(-c3ccc(F)cc3)cc2=O)cc1. The number of methoxy groups -OCH3 is 1. The number of nitrogens with zero attached hydrogens (tertiary/aromatic N) is 2. The number of hydrogen-bond acceptors (Lipinski definition) is 4. The minimum Gasteiger partial charge on any atom is -0.497 e. The van der Waals surface area contributed by atoms with Gasteiger partial charge in [-0.1, -0.05) is 36.4 Å². The first kappa shape index (κ1) is 20.9. The van der Waals surface area contributed by atoms with Crippen molar-refractivity contribution in [3.05, 3.63) is 101 Å². The molecule has 4 rings (SSSR count). The lowest BCUT2D eigenvalue weighted by Crippen LogP contribution is -2.23. The number of rotatable bonds is 6. The van der Waals surface area contributed by atoms with Crippen molar-refractivity contribution in [3.63, 3.8) is 0 Å². The Kier molecular flexibility index (Phi) is 6.18. The van der Waals surface area contributed by atoms with Crippen molar-refractivity contribution in [2.75, 3.05) is 13.4 Å². The Balaban J connectivity index is 1.81. The summed E-state index contributed by atoms with van der Waals surface area (Å²) in [7, 11) is 1.61. The molecule has 0 bridgehead atoms. The van der Waals surface area contributed by atoms with Crippen LogP contribution >= 0.6 is 11.8 Å². The van der Waals surface area contributed by atoms with Gasteiger partial charge < -0.3 is 4.74 Å². The van der Waals surface area contributed by atoms with Gasteiger partial charge in [-0.15, -0.1) is 11.8 Å². The minimum absolute atomic E-state index is 0.223. The summed E-state index contributed by atoms with van der Waals surface area (Å²) >= 11 is 1.66. The topological polar surface area (TPSA) is 44.1 Å². The normalized spacial score (nSPS) is 10.8. The van der Waals surface area contributed by atoms with E-state index in [9.17, 15) is 9.18 Å². The van der Waals surface area contributed by atoms with Crippen molar-refractivity contribution >= 4 is 11.8 Å². The fourth-order valence-corrected chi connectivity index (χ4v) is 3.73. The quantitative estimate of drug-likeness (QED) is 0.378. The van der Waals surface area contributed by atoms with Gasteiger partial charge in [0.15, 0.2) is 0 Å². The van der Waals surface area contributed by atoms with Gasteiger partial charge in [0.05, 0.1) is 19.3 Å². The van der Waals surface area contributed by atoms with Gasteiger partial charge in [0, 0.05) is 22.1 Å². The lowest BCUT2D eigenvalue weighted by molar-refractivity contribution is 0.414. The Hall–Kier alpha value is -3.38. The number of hydrogen-bond donors (Lipinski definition) is 0. The Bertz CT molecular complexity index is 1230. The largest absolute Gasteiger partial charge is 0.497 e. The van der Waals surface area contributed by atoms with Crippen LogP contribution in [0.5, 0.6) is 5.75 Å². The molecule has 0 aliphatic heterocycles. The van der Waals surface area contributed by atoms with Crippen LogP contribution in [0.2, 0.25) is 0 Å². The zero-order valence-corrected chi connectivity index (χ0v) is 18.0. The highest BCUT2D eigenvalue weighted by Gasteiger charge is 2.14. The summed E-state index contributed by atoms with van der Waals surface area (Å²) in [4.78, 5) is 14.0. The highest BCUT2D eigenvalue weighted by Crippen LogP contribution is 2.30. The predicted octanol–water partition coefficient (Wildman–Crippen LogP) is 5.50. The molecule has 0 amide bonds. The second-order valence-electron chi connectivity index (χ2n) is 6.99. The average Bonchev–Trinajstić information content (AvgIpc) is 2.81. The molecule has 0 radical (unpaired) electrons. The first-order valence-electron chi connectivity index (χ1n) is 9.73. The molecule has 0 N–H and O–H groups in total. The fraction of sp³-hybridized carbons (Fsp3) is 0.120. The Morgan fingerprint density at radius 2 is 1.58 bits per heavy atom. The van der Waals surface area contributed by atoms with E-state index in [1.165, 1.54) is 16.8 Å². The molecule has 0 aliphatic carbocycles. The first-order chi connectivity index (χ1) is 15.1. The molecule has 0 saturated heterocycles. The van der Waals surface area contributed by atoms with E-state index in [0.29, 0.717) is 17.8 Å². The van der Waals surface area contributed by atoms with Crippen LogP contribution in [0.1, 0.15) is 5.56 Å². The van der Waals surface area contributed by atoms with Gasteiger partial charge in [0.1, 0.15) is 11.6 Å². The third-order valence-electron chi connectivity index (χ3n) is 5.01. The maximum absolute atomic E-state index is 13.5. The highest BCUT2D eigenvalue weighted by atomic mass is 32.2. The van der Waals surface area contributed by atoms with Gasteiger partial charge in [-0.3, -0.25) is 4.79 Å². The number of aromatic nitrogens is 2. The molecule has 4 nitrogen and oxygen atoms in total. The van der Waals surface area contributed by atoms with Crippen LogP contribution < -0.4 is 10.3 Å². The third kappa shape index (κ3) is 4.70. The Morgan fingerprint density at radius 1 is 0.935 bits per heavy atom. The van der Waals surface area contributed by atoms with E-state index in [1.807, 2.05) is 54.8 Å². The maximum Gasteiger partial charge on any atom is 0.267 e. The fourth-order valence-electron chi connectivity index (χ4n) is 3.32. The first-order valence-corrected chi connectivity index (χ1v) is 11.0. The zero-order chi connectivity index (χ0) is 21.8. The molecule has 156 valence electrons. The Labute approximate surface area is 184 Å². The molecule has 0 fully saturated rings. The monoisotopic (exact) mass is 432 g/mol. The van der Waals surface area contributed by atoms with Crippen LogP contribution in [0.4, 0.5) is 4.39 Å². The summed E-state index contributed by atoms with van der Waals surface area (Å²) in [6.07, 6.45) is 2.02.